The van der Waals surface area contributed by atoms with Gasteiger partial charge in [-0.2, -0.15) is 8.42 Å². The zero-order chi connectivity index (χ0) is 15.8. The Kier molecular flexibility index (Phi) is 20.9. The van der Waals surface area contributed by atoms with Crippen molar-refractivity contribution >= 4 is 10.1 Å². The summed E-state index contributed by atoms with van der Waals surface area (Å²) in [7, 11) is -3.25. The third kappa shape index (κ3) is 19.0. The van der Waals surface area contributed by atoms with Crippen LogP contribution >= 0.6 is 0 Å². The molecule has 0 atom stereocenters. The molecule has 0 aliphatic carbocycles. The van der Waals surface area contributed by atoms with Gasteiger partial charge in [-0.15, -0.1) is 0 Å². The summed E-state index contributed by atoms with van der Waals surface area (Å²) in [5.41, 5.74) is 0. The molecule has 130 valence electrons. The van der Waals surface area contributed by atoms with Crippen LogP contribution in [0.2, 0.25) is 0 Å². The fourth-order valence-corrected chi connectivity index (χ4v) is 3.43. The van der Waals surface area contributed by atoms with Gasteiger partial charge in [-0.1, -0.05) is 84.5 Å². The van der Waals surface area contributed by atoms with Gasteiger partial charge in [0.05, 0.1) is 12.4 Å². The molecule has 0 aromatic heterocycles. The van der Waals surface area contributed by atoms with E-state index in [1.807, 2.05) is 6.92 Å². The van der Waals surface area contributed by atoms with Crippen LogP contribution in [0.4, 0.5) is 0 Å². The van der Waals surface area contributed by atoms with Crippen molar-refractivity contribution in [3.05, 3.63) is 0 Å². The van der Waals surface area contributed by atoms with E-state index in [0.717, 1.165) is 12.8 Å². The maximum Gasteiger partial charge on any atom is 1.00 e. The van der Waals surface area contributed by atoms with Crippen molar-refractivity contribution in [2.45, 2.75) is 97.3 Å². The van der Waals surface area contributed by atoms with Crippen LogP contribution in [0.3, 0.4) is 0 Å². The van der Waals surface area contributed by atoms with E-state index in [0.29, 0.717) is 13.0 Å². The third-order valence-corrected chi connectivity index (χ3v) is 5.15. The summed E-state index contributed by atoms with van der Waals surface area (Å²) in [5.74, 6) is 0.144. The SMILES string of the molecule is CCCCCCCCCCCCCCOS(=O)(=O)CCC.[H-].[Na+]. The Morgan fingerprint density at radius 2 is 1.09 bits per heavy atom. The van der Waals surface area contributed by atoms with Crippen molar-refractivity contribution in [3.8, 4) is 0 Å². The van der Waals surface area contributed by atoms with Crippen LogP contribution in [0.1, 0.15) is 98.7 Å². The molecule has 0 saturated heterocycles. The van der Waals surface area contributed by atoms with Crippen molar-refractivity contribution < 1.29 is 43.6 Å². The zero-order valence-electron chi connectivity index (χ0n) is 16.2. The molecule has 0 radical (unpaired) electrons. The number of hydrogen-bond donors (Lipinski definition) is 0. The second-order valence-electron chi connectivity index (χ2n) is 5.97. The minimum Gasteiger partial charge on any atom is -1.00 e. The Morgan fingerprint density at radius 3 is 1.50 bits per heavy atom. The minimum absolute atomic E-state index is 0. The predicted molar refractivity (Wildman–Crippen MR) is 92.2 cm³/mol. The second kappa shape index (κ2) is 18.3. The Morgan fingerprint density at radius 1 is 0.682 bits per heavy atom. The molecule has 5 heteroatoms. The summed E-state index contributed by atoms with van der Waals surface area (Å²) in [6, 6.07) is 0. The first-order chi connectivity index (χ1) is 10.1. The standard InChI is InChI=1S/C17H36O3S.Na.H/c1-3-5-6-7-8-9-10-11-12-13-14-15-16-20-21(18,19)17-4-2;;/h3-17H2,1-2H3;;/q;+1;-1. The van der Waals surface area contributed by atoms with Crippen molar-refractivity contribution in [3.63, 3.8) is 0 Å². The molecule has 3 nitrogen and oxygen atoms in total. The van der Waals surface area contributed by atoms with Gasteiger partial charge in [-0.3, -0.25) is 4.18 Å². The van der Waals surface area contributed by atoms with E-state index in [1.54, 1.807) is 0 Å². The molecule has 0 bridgehead atoms. The molecule has 0 rings (SSSR count). The van der Waals surface area contributed by atoms with Crippen LogP contribution in [-0.4, -0.2) is 20.8 Å². The van der Waals surface area contributed by atoms with Crippen LogP contribution in [0, 0.1) is 0 Å². The normalized spacial score (nSPS) is 11.4. The molecule has 0 aromatic rings. The molecule has 0 unspecified atom stereocenters. The first-order valence-corrected chi connectivity index (χ1v) is 10.6. The minimum atomic E-state index is -3.25. The summed E-state index contributed by atoms with van der Waals surface area (Å²) >= 11 is 0. The molecule has 0 aliphatic heterocycles. The van der Waals surface area contributed by atoms with E-state index >= 15 is 0 Å². The molecule has 0 heterocycles. The van der Waals surface area contributed by atoms with Crippen molar-refractivity contribution in [1.29, 1.82) is 0 Å². The maximum atomic E-state index is 11.3. The third-order valence-electron chi connectivity index (χ3n) is 3.71. The van der Waals surface area contributed by atoms with Gasteiger partial charge < -0.3 is 1.43 Å². The molecule has 0 amide bonds. The summed E-state index contributed by atoms with van der Waals surface area (Å²) in [6.07, 6.45) is 16.0. The Balaban J connectivity index is -0.00000200. The molecule has 0 spiro atoms. The maximum absolute atomic E-state index is 11.3. The summed E-state index contributed by atoms with van der Waals surface area (Å²) < 4.78 is 27.6. The van der Waals surface area contributed by atoms with Crippen molar-refractivity contribution in [2.75, 3.05) is 12.4 Å². The van der Waals surface area contributed by atoms with Gasteiger partial charge in [0, 0.05) is 0 Å². The summed E-state index contributed by atoms with van der Waals surface area (Å²) in [6.45, 7) is 4.47. The monoisotopic (exact) mass is 344 g/mol. The predicted octanol–water partition coefficient (Wildman–Crippen LogP) is 2.56. The number of rotatable bonds is 16. The largest absolute Gasteiger partial charge is 1.00 e. The van der Waals surface area contributed by atoms with Crippen LogP contribution in [-0.2, 0) is 14.3 Å². The van der Waals surface area contributed by atoms with E-state index in [-0.39, 0.29) is 36.7 Å². The van der Waals surface area contributed by atoms with Gasteiger partial charge in [0.2, 0.25) is 0 Å². The first-order valence-electron chi connectivity index (χ1n) is 8.99. The second-order valence-corrected chi connectivity index (χ2v) is 7.73. The molecule has 22 heavy (non-hydrogen) atoms. The van der Waals surface area contributed by atoms with Crippen molar-refractivity contribution in [1.82, 2.24) is 0 Å². The average molecular weight is 345 g/mol. The van der Waals surface area contributed by atoms with Crippen LogP contribution in [0.15, 0.2) is 0 Å². The summed E-state index contributed by atoms with van der Waals surface area (Å²) in [4.78, 5) is 0. The van der Waals surface area contributed by atoms with Gasteiger partial charge >= 0.3 is 29.6 Å². The van der Waals surface area contributed by atoms with Gasteiger partial charge in [0.1, 0.15) is 0 Å². The fourth-order valence-electron chi connectivity index (χ4n) is 2.44. The van der Waals surface area contributed by atoms with E-state index in [4.69, 9.17) is 4.18 Å². The van der Waals surface area contributed by atoms with Crippen LogP contribution < -0.4 is 29.6 Å². The number of unbranched alkanes of at least 4 members (excludes halogenated alkanes) is 11. The average Bonchev–Trinajstić information content (AvgIpc) is 2.44. The zero-order valence-corrected chi connectivity index (χ0v) is 18.1. The van der Waals surface area contributed by atoms with Crippen LogP contribution in [0.25, 0.3) is 0 Å². The molecule has 0 N–H and O–H groups in total. The quantitative estimate of drug-likeness (QED) is 0.245. The molecule has 0 aromatic carbocycles. The Hall–Kier alpha value is 0.910. The fraction of sp³-hybridized carbons (Fsp3) is 1.00. The van der Waals surface area contributed by atoms with Gasteiger partial charge in [-0.25, -0.2) is 0 Å². The topological polar surface area (TPSA) is 43.4 Å². The molecular formula is C17H37NaO3S. The smallest absolute Gasteiger partial charge is 1.00 e. The summed E-state index contributed by atoms with van der Waals surface area (Å²) in [5, 5.41) is 0. The van der Waals surface area contributed by atoms with Crippen LogP contribution in [0.5, 0.6) is 0 Å². The molecular weight excluding hydrogens is 307 g/mol. The molecule has 0 saturated carbocycles. The molecule has 0 aliphatic rings. The van der Waals surface area contributed by atoms with E-state index < -0.39 is 10.1 Å². The van der Waals surface area contributed by atoms with Gasteiger partial charge in [0.25, 0.3) is 10.1 Å². The van der Waals surface area contributed by atoms with Crippen molar-refractivity contribution in [2.24, 2.45) is 0 Å². The first kappa shape index (κ1) is 25.2. The Labute approximate surface area is 162 Å². The van der Waals surface area contributed by atoms with Gasteiger partial charge in [-0.05, 0) is 12.8 Å². The van der Waals surface area contributed by atoms with E-state index in [2.05, 4.69) is 6.92 Å². The Bertz CT molecular complexity index is 311. The van der Waals surface area contributed by atoms with E-state index in [9.17, 15) is 8.42 Å². The molecule has 0 fully saturated rings. The van der Waals surface area contributed by atoms with E-state index in [1.165, 1.54) is 64.2 Å². The van der Waals surface area contributed by atoms with Gasteiger partial charge in [0.15, 0.2) is 0 Å². The number of hydrogen-bond acceptors (Lipinski definition) is 3.